The number of rotatable bonds is 14. The zero-order valence-electron chi connectivity index (χ0n) is 22.4. The number of hydrogen-bond acceptors (Lipinski definition) is 5. The van der Waals surface area contributed by atoms with Gasteiger partial charge in [-0.25, -0.2) is 8.42 Å². The van der Waals surface area contributed by atoms with E-state index in [-0.39, 0.29) is 11.7 Å². The zero-order valence-corrected chi connectivity index (χ0v) is 24.0. The molecule has 1 amide bonds. The van der Waals surface area contributed by atoms with E-state index in [0.29, 0.717) is 59.2 Å². The lowest BCUT2D eigenvalue weighted by molar-refractivity contribution is 0.0986. The summed E-state index contributed by atoms with van der Waals surface area (Å²) >= 11 is 6.59. The van der Waals surface area contributed by atoms with Crippen molar-refractivity contribution in [2.75, 3.05) is 35.6 Å². The van der Waals surface area contributed by atoms with Crippen molar-refractivity contribution in [3.05, 3.63) is 65.7 Å². The summed E-state index contributed by atoms with van der Waals surface area (Å²) in [6, 6.07) is 12.1. The van der Waals surface area contributed by atoms with Crippen LogP contribution in [0, 0.1) is 5.92 Å². The summed E-state index contributed by atoms with van der Waals surface area (Å²) in [4.78, 5) is 15.4. The highest BCUT2D eigenvalue weighted by atomic mass is 35.5. The summed E-state index contributed by atoms with van der Waals surface area (Å²) in [5.41, 5.74) is 1.45. The van der Waals surface area contributed by atoms with Crippen molar-refractivity contribution in [1.29, 1.82) is 0 Å². The predicted molar refractivity (Wildman–Crippen MR) is 157 cm³/mol. The van der Waals surface area contributed by atoms with Gasteiger partial charge in [0.05, 0.1) is 23.6 Å². The van der Waals surface area contributed by atoms with E-state index in [1.807, 2.05) is 13.0 Å². The van der Waals surface area contributed by atoms with Gasteiger partial charge in [0.15, 0.2) is 0 Å². The topological polar surface area (TPSA) is 87.7 Å². The summed E-state index contributed by atoms with van der Waals surface area (Å²) < 4.78 is 32.1. The van der Waals surface area contributed by atoms with Crippen molar-refractivity contribution in [1.82, 2.24) is 5.32 Å². The van der Waals surface area contributed by atoms with E-state index in [1.165, 1.54) is 32.1 Å². The Balaban J connectivity index is 1.79. The first kappa shape index (κ1) is 30.0. The van der Waals surface area contributed by atoms with E-state index >= 15 is 0 Å². The van der Waals surface area contributed by atoms with E-state index in [9.17, 15) is 13.2 Å². The lowest BCUT2D eigenvalue weighted by Crippen LogP contribution is -2.43. The van der Waals surface area contributed by atoms with Crippen molar-refractivity contribution in [3.63, 3.8) is 0 Å². The lowest BCUT2D eigenvalue weighted by Gasteiger charge is -2.32. The molecule has 1 fully saturated rings. The maximum Gasteiger partial charge on any atom is 0.258 e. The zero-order chi connectivity index (χ0) is 27.5. The number of halogens is 1. The van der Waals surface area contributed by atoms with Crippen molar-refractivity contribution in [2.24, 2.45) is 5.92 Å². The smallest absolute Gasteiger partial charge is 0.258 e. The van der Waals surface area contributed by atoms with Crippen molar-refractivity contribution in [3.8, 4) is 5.75 Å². The van der Waals surface area contributed by atoms with Gasteiger partial charge in [0.2, 0.25) is 10.0 Å². The van der Waals surface area contributed by atoms with Crippen molar-refractivity contribution >= 4 is 38.9 Å². The standard InChI is InChI=1S/C29H40ClN3O4S/c1-4-9-27(22-10-7-6-8-11-22)31-18-19-33(28-17-16-25(37-3)21-26(28)30)29(34)23-12-14-24(15-13-23)32-38(35,36)20-5-2/h4,12-17,21-22,27,31-32H,1,5-11,18-20H2,2-3H3. The highest BCUT2D eigenvalue weighted by Crippen LogP contribution is 2.31. The third-order valence-corrected chi connectivity index (χ3v) is 8.75. The first-order chi connectivity index (χ1) is 18.3. The number of ether oxygens (including phenoxy) is 1. The van der Waals surface area contributed by atoms with Crippen LogP contribution in [0.1, 0.15) is 62.2 Å². The number of nitrogens with zero attached hydrogens (tertiary/aromatic N) is 1. The van der Waals surface area contributed by atoms with Crippen molar-refractivity contribution < 1.29 is 17.9 Å². The molecule has 9 heteroatoms. The van der Waals surface area contributed by atoms with E-state index in [4.69, 9.17) is 16.3 Å². The number of carbonyl (C=O) groups is 1. The van der Waals surface area contributed by atoms with Crippen LogP contribution in [-0.2, 0) is 10.0 Å². The Morgan fingerprint density at radius 2 is 1.89 bits per heavy atom. The van der Waals surface area contributed by atoms with Gasteiger partial charge < -0.3 is 15.0 Å². The molecule has 0 heterocycles. The fourth-order valence-corrected chi connectivity index (χ4v) is 6.43. The average Bonchev–Trinajstić information content (AvgIpc) is 2.91. The lowest BCUT2D eigenvalue weighted by atomic mass is 9.82. The van der Waals surface area contributed by atoms with Crippen molar-refractivity contribution in [2.45, 2.75) is 57.9 Å². The highest BCUT2D eigenvalue weighted by Gasteiger charge is 2.24. The van der Waals surface area contributed by atoms with E-state index in [2.05, 4.69) is 16.6 Å². The Morgan fingerprint density at radius 3 is 2.50 bits per heavy atom. The third-order valence-electron chi connectivity index (χ3n) is 6.95. The summed E-state index contributed by atoms with van der Waals surface area (Å²) in [6.45, 7) is 6.76. The van der Waals surface area contributed by atoms with Crippen LogP contribution in [-0.4, -0.2) is 46.3 Å². The second-order valence-corrected chi connectivity index (χ2v) is 12.0. The number of benzene rings is 2. The number of carbonyl (C=O) groups excluding carboxylic acids is 1. The fraction of sp³-hybridized carbons (Fsp3) is 0.483. The molecule has 208 valence electrons. The molecule has 0 saturated heterocycles. The van der Waals surface area contributed by atoms with Gasteiger partial charge in [-0.15, -0.1) is 6.58 Å². The number of amides is 1. The SMILES string of the molecule is C=CCC(NCCN(C(=O)c1ccc(NS(=O)(=O)CCC)cc1)c1ccc(OC)cc1Cl)C1CCCCC1. The molecule has 2 N–H and O–H groups in total. The van der Waals surface area contributed by atoms with E-state index < -0.39 is 10.0 Å². The second-order valence-electron chi connectivity index (χ2n) is 9.76. The molecule has 2 aromatic rings. The minimum Gasteiger partial charge on any atom is -0.497 e. The third kappa shape index (κ3) is 8.48. The number of methoxy groups -OCH3 is 1. The molecular formula is C29H40ClN3O4S. The van der Waals surface area contributed by atoms with Crippen LogP contribution < -0.4 is 19.7 Å². The maximum absolute atomic E-state index is 13.7. The van der Waals surface area contributed by atoms with Crippen LogP contribution in [0.4, 0.5) is 11.4 Å². The molecule has 2 aromatic carbocycles. The van der Waals surface area contributed by atoms with E-state index in [1.54, 1.807) is 54.5 Å². The predicted octanol–water partition coefficient (Wildman–Crippen LogP) is 6.26. The Kier molecular flexibility index (Phi) is 11.5. The van der Waals surface area contributed by atoms with Crippen LogP contribution in [0.5, 0.6) is 5.75 Å². The molecule has 0 radical (unpaired) electrons. The Morgan fingerprint density at radius 1 is 1.18 bits per heavy atom. The Bertz CT molecular complexity index is 1160. The van der Waals surface area contributed by atoms with Gasteiger partial charge in [-0.2, -0.15) is 0 Å². The molecule has 0 spiro atoms. The molecule has 38 heavy (non-hydrogen) atoms. The van der Waals surface area contributed by atoms with Crippen LogP contribution in [0.3, 0.4) is 0 Å². The van der Waals surface area contributed by atoms with Crippen LogP contribution in [0.2, 0.25) is 5.02 Å². The number of sulfonamides is 1. The van der Waals surface area contributed by atoms with Crippen LogP contribution in [0.25, 0.3) is 0 Å². The Hall–Kier alpha value is -2.55. The van der Waals surface area contributed by atoms with Gasteiger partial charge in [0.1, 0.15) is 5.75 Å². The molecule has 1 aliphatic rings. The largest absolute Gasteiger partial charge is 0.497 e. The number of nitrogens with one attached hydrogen (secondary N) is 2. The molecule has 0 aliphatic heterocycles. The number of hydrogen-bond donors (Lipinski definition) is 2. The minimum atomic E-state index is -3.41. The summed E-state index contributed by atoms with van der Waals surface area (Å²) in [5.74, 6) is 1.04. The molecule has 1 aliphatic carbocycles. The monoisotopic (exact) mass is 561 g/mol. The molecular weight excluding hydrogens is 522 g/mol. The second kappa shape index (κ2) is 14.6. The summed E-state index contributed by atoms with van der Waals surface area (Å²) in [5, 5.41) is 4.09. The minimum absolute atomic E-state index is 0.0398. The molecule has 1 unspecified atom stereocenters. The molecule has 7 nitrogen and oxygen atoms in total. The first-order valence-corrected chi connectivity index (χ1v) is 15.4. The fourth-order valence-electron chi connectivity index (χ4n) is 5.02. The normalized spacial score (nSPS) is 15.0. The van der Waals surface area contributed by atoms with Gasteiger partial charge in [0, 0.05) is 36.4 Å². The van der Waals surface area contributed by atoms with Gasteiger partial charge in [-0.3, -0.25) is 9.52 Å². The molecule has 0 bridgehead atoms. The molecule has 1 atom stereocenters. The van der Waals surface area contributed by atoms with Crippen LogP contribution in [0.15, 0.2) is 55.1 Å². The average molecular weight is 562 g/mol. The highest BCUT2D eigenvalue weighted by molar-refractivity contribution is 7.92. The maximum atomic E-state index is 13.7. The summed E-state index contributed by atoms with van der Waals surface area (Å²) in [7, 11) is -1.84. The van der Waals surface area contributed by atoms with Gasteiger partial charge >= 0.3 is 0 Å². The van der Waals surface area contributed by atoms with Crippen LogP contribution >= 0.6 is 11.6 Å². The van der Waals surface area contributed by atoms with E-state index in [0.717, 1.165) is 6.42 Å². The van der Waals surface area contributed by atoms with Gasteiger partial charge in [-0.05, 0) is 68.0 Å². The Labute approximate surface area is 232 Å². The van der Waals surface area contributed by atoms with Gasteiger partial charge in [-0.1, -0.05) is 43.9 Å². The molecule has 3 rings (SSSR count). The quantitative estimate of drug-likeness (QED) is 0.266. The first-order valence-electron chi connectivity index (χ1n) is 13.4. The molecule has 1 saturated carbocycles. The summed E-state index contributed by atoms with van der Waals surface area (Å²) in [6.07, 6.45) is 9.62. The molecule has 0 aromatic heterocycles. The number of anilines is 2. The van der Waals surface area contributed by atoms with Gasteiger partial charge in [0.25, 0.3) is 5.91 Å².